The average Bonchev–Trinajstić information content (AvgIpc) is 3.00. The highest BCUT2D eigenvalue weighted by molar-refractivity contribution is 8.16. The van der Waals surface area contributed by atoms with Crippen molar-refractivity contribution in [2.24, 2.45) is 5.10 Å². The summed E-state index contributed by atoms with van der Waals surface area (Å²) in [5, 5.41) is 7.92. The molecule has 0 aliphatic carbocycles. The van der Waals surface area contributed by atoms with Gasteiger partial charge in [-0.1, -0.05) is 35.0 Å². The number of amides is 2. The number of hydrazone groups is 1. The van der Waals surface area contributed by atoms with E-state index in [1.807, 2.05) is 0 Å². The van der Waals surface area contributed by atoms with Crippen LogP contribution >= 0.6 is 35.0 Å². The molecule has 1 aliphatic rings. The van der Waals surface area contributed by atoms with Gasteiger partial charge in [0.15, 0.2) is 11.0 Å². The molecule has 0 spiro atoms. The Balaban J connectivity index is 1.69. The van der Waals surface area contributed by atoms with Crippen LogP contribution in [0.4, 0.5) is 11.4 Å². The number of nitrogens with one attached hydrogen (secondary N) is 2. The molecule has 1 aliphatic heterocycles. The first-order valence-electron chi connectivity index (χ1n) is 8.93. The lowest BCUT2D eigenvalue weighted by Crippen LogP contribution is -2.34. The average molecular weight is 465 g/mol. The second-order valence-electron chi connectivity index (χ2n) is 6.44. The van der Waals surface area contributed by atoms with Gasteiger partial charge in [0.1, 0.15) is 0 Å². The number of amidine groups is 1. The van der Waals surface area contributed by atoms with Crippen molar-refractivity contribution in [3.05, 3.63) is 58.1 Å². The molecule has 1 fully saturated rings. The van der Waals surface area contributed by atoms with E-state index in [9.17, 15) is 14.4 Å². The molecule has 1 heterocycles. The summed E-state index contributed by atoms with van der Waals surface area (Å²) < 4.78 is 0. The minimum atomic E-state index is -0.418. The fourth-order valence-electron chi connectivity index (χ4n) is 2.65. The number of benzene rings is 2. The number of hydrogen-bond donors (Lipinski definition) is 2. The van der Waals surface area contributed by atoms with E-state index < -0.39 is 5.91 Å². The molecule has 0 saturated carbocycles. The third kappa shape index (κ3) is 5.13. The van der Waals surface area contributed by atoms with Crippen LogP contribution in [0.15, 0.2) is 47.6 Å². The number of anilines is 2. The maximum absolute atomic E-state index is 12.6. The van der Waals surface area contributed by atoms with Gasteiger partial charge in [-0.15, -0.1) is 5.10 Å². The standard InChI is InChI=1S/C20H18Cl2N4O3S/c1-11(27)13-3-6-15(7-4-13)26-19(29)12(2)30-20(26)25-24-18(28)10-23-17-9-14(21)5-8-16(17)22/h3-9,12,23H,10H2,1-2H3,(H,24,28)/b25-20+/t12-/m1/s1. The van der Waals surface area contributed by atoms with Crippen LogP contribution in [0.5, 0.6) is 0 Å². The quantitative estimate of drug-likeness (QED) is 0.494. The zero-order valence-corrected chi connectivity index (χ0v) is 18.4. The topological polar surface area (TPSA) is 90.9 Å². The molecule has 2 amide bonds. The highest BCUT2D eigenvalue weighted by atomic mass is 35.5. The predicted octanol–water partition coefficient (Wildman–Crippen LogP) is 4.16. The molecule has 2 aromatic rings. The number of ketones is 1. The van der Waals surface area contributed by atoms with Crippen molar-refractivity contribution < 1.29 is 14.4 Å². The second-order valence-corrected chi connectivity index (χ2v) is 8.60. The number of Topliss-reactive ketones (excluding diaryl/α,β-unsaturated/α-hetero) is 1. The molecule has 2 N–H and O–H groups in total. The molecule has 1 atom stereocenters. The summed E-state index contributed by atoms with van der Waals surface area (Å²) in [6, 6.07) is 11.5. The predicted molar refractivity (Wildman–Crippen MR) is 122 cm³/mol. The first-order valence-corrected chi connectivity index (χ1v) is 10.6. The normalized spacial score (nSPS) is 17.3. The van der Waals surface area contributed by atoms with Gasteiger partial charge < -0.3 is 5.32 Å². The lowest BCUT2D eigenvalue weighted by molar-refractivity contribution is -0.119. The smallest absolute Gasteiger partial charge is 0.259 e. The van der Waals surface area contributed by atoms with E-state index in [-0.39, 0.29) is 23.5 Å². The van der Waals surface area contributed by atoms with Gasteiger partial charge >= 0.3 is 0 Å². The van der Waals surface area contributed by atoms with Gasteiger partial charge in [0, 0.05) is 10.6 Å². The van der Waals surface area contributed by atoms with Crippen molar-refractivity contribution in [2.75, 3.05) is 16.8 Å². The molecule has 0 radical (unpaired) electrons. The third-order valence-electron chi connectivity index (χ3n) is 4.22. The molecule has 10 heteroatoms. The highest BCUT2D eigenvalue weighted by Gasteiger charge is 2.36. The largest absolute Gasteiger partial charge is 0.375 e. The fraction of sp³-hybridized carbons (Fsp3) is 0.200. The van der Waals surface area contributed by atoms with E-state index in [0.29, 0.717) is 32.2 Å². The van der Waals surface area contributed by atoms with Crippen molar-refractivity contribution in [3.63, 3.8) is 0 Å². The van der Waals surface area contributed by atoms with Gasteiger partial charge in [-0.05, 0) is 56.3 Å². The summed E-state index contributed by atoms with van der Waals surface area (Å²) in [6.45, 7) is 3.15. The molecule has 3 rings (SSSR count). The van der Waals surface area contributed by atoms with Crippen LogP contribution in [0.1, 0.15) is 24.2 Å². The van der Waals surface area contributed by atoms with Crippen molar-refractivity contribution in [3.8, 4) is 0 Å². The lowest BCUT2D eigenvalue weighted by atomic mass is 10.1. The minimum absolute atomic E-state index is 0.0643. The Morgan fingerprint density at radius 3 is 2.53 bits per heavy atom. The van der Waals surface area contributed by atoms with Crippen molar-refractivity contribution >= 4 is 69.1 Å². The van der Waals surface area contributed by atoms with E-state index in [2.05, 4.69) is 15.8 Å². The van der Waals surface area contributed by atoms with Gasteiger partial charge in [0.05, 0.1) is 28.2 Å². The maximum atomic E-state index is 12.6. The van der Waals surface area contributed by atoms with E-state index >= 15 is 0 Å². The maximum Gasteiger partial charge on any atom is 0.259 e. The van der Waals surface area contributed by atoms with Crippen LogP contribution < -0.4 is 15.6 Å². The van der Waals surface area contributed by atoms with Crippen LogP contribution in [-0.4, -0.2) is 34.6 Å². The zero-order valence-electron chi connectivity index (χ0n) is 16.1. The highest BCUT2D eigenvalue weighted by Crippen LogP contribution is 2.31. The number of carbonyl (C=O) groups excluding carboxylic acids is 3. The van der Waals surface area contributed by atoms with Gasteiger partial charge in [-0.3, -0.25) is 19.3 Å². The Bertz CT molecular complexity index is 1030. The lowest BCUT2D eigenvalue weighted by Gasteiger charge is -2.16. The van der Waals surface area contributed by atoms with E-state index in [4.69, 9.17) is 23.2 Å². The van der Waals surface area contributed by atoms with Gasteiger partial charge in [0.25, 0.3) is 5.91 Å². The Hall–Kier alpha value is -2.55. The number of nitrogens with zero attached hydrogens (tertiary/aromatic N) is 2. The summed E-state index contributed by atoms with van der Waals surface area (Å²) in [6.07, 6.45) is 0. The number of rotatable bonds is 6. The zero-order chi connectivity index (χ0) is 21.8. The summed E-state index contributed by atoms with van der Waals surface area (Å²) in [5.41, 5.74) is 4.08. The first kappa shape index (κ1) is 22.1. The number of halogens is 2. The number of thioether (sulfide) groups is 1. The first-order chi connectivity index (χ1) is 14.3. The minimum Gasteiger partial charge on any atom is -0.375 e. The van der Waals surface area contributed by atoms with Crippen LogP contribution in [0.2, 0.25) is 10.0 Å². The summed E-state index contributed by atoms with van der Waals surface area (Å²) in [7, 11) is 0. The van der Waals surface area contributed by atoms with Crippen molar-refractivity contribution in [1.29, 1.82) is 0 Å². The van der Waals surface area contributed by atoms with Gasteiger partial charge in [-0.25, -0.2) is 5.43 Å². The summed E-state index contributed by atoms with van der Waals surface area (Å²) >= 11 is 13.2. The van der Waals surface area contributed by atoms with E-state index in [0.717, 1.165) is 0 Å². The Morgan fingerprint density at radius 1 is 1.17 bits per heavy atom. The van der Waals surface area contributed by atoms with Gasteiger partial charge in [-0.2, -0.15) is 0 Å². The molecule has 30 heavy (non-hydrogen) atoms. The van der Waals surface area contributed by atoms with Crippen LogP contribution in [-0.2, 0) is 9.59 Å². The molecule has 0 unspecified atom stereocenters. The monoisotopic (exact) mass is 464 g/mol. The van der Waals surface area contributed by atoms with Crippen LogP contribution in [0, 0.1) is 0 Å². The summed E-state index contributed by atoms with van der Waals surface area (Å²) in [5.74, 6) is -0.643. The Labute approximate surface area is 187 Å². The van der Waals surface area contributed by atoms with Gasteiger partial charge in [0.2, 0.25) is 5.91 Å². The molecule has 1 saturated heterocycles. The second kappa shape index (κ2) is 9.51. The van der Waals surface area contributed by atoms with Crippen molar-refractivity contribution in [1.82, 2.24) is 5.43 Å². The van der Waals surface area contributed by atoms with Crippen molar-refractivity contribution in [2.45, 2.75) is 19.1 Å². The van der Waals surface area contributed by atoms with E-state index in [1.165, 1.54) is 23.6 Å². The molecule has 0 bridgehead atoms. The molecule has 156 valence electrons. The Kier molecular flexibility index (Phi) is 7.02. The molecule has 2 aromatic carbocycles. The Morgan fingerprint density at radius 2 is 1.87 bits per heavy atom. The van der Waals surface area contributed by atoms with Crippen LogP contribution in [0.25, 0.3) is 0 Å². The molecule has 0 aromatic heterocycles. The van der Waals surface area contributed by atoms with Crippen LogP contribution in [0.3, 0.4) is 0 Å². The summed E-state index contributed by atoms with van der Waals surface area (Å²) in [4.78, 5) is 37.6. The molecule has 7 nitrogen and oxygen atoms in total. The third-order valence-corrected chi connectivity index (χ3v) is 5.82. The molecular formula is C20H18Cl2N4O3S. The molecular weight excluding hydrogens is 447 g/mol. The SMILES string of the molecule is CC(=O)c1ccc(N2C(=O)[C@@H](C)S/C2=N/NC(=O)CNc2cc(Cl)ccc2Cl)cc1. The van der Waals surface area contributed by atoms with E-state index in [1.54, 1.807) is 49.4 Å². The fourth-order valence-corrected chi connectivity index (χ4v) is 3.93. The number of hydrogen-bond acceptors (Lipinski definition) is 6. The number of carbonyl (C=O) groups is 3.